The Morgan fingerprint density at radius 3 is 2.64 bits per heavy atom. The van der Waals surface area contributed by atoms with Crippen molar-refractivity contribution >= 4 is 35.2 Å². The van der Waals surface area contributed by atoms with Crippen molar-refractivity contribution in [1.82, 2.24) is 4.90 Å². The first-order valence-corrected chi connectivity index (χ1v) is 12.1. The number of likely N-dealkylation sites (tertiary alicyclic amines) is 1. The Kier molecular flexibility index (Phi) is 6.46. The van der Waals surface area contributed by atoms with Gasteiger partial charge in [0, 0.05) is 30.6 Å². The highest BCUT2D eigenvalue weighted by Crippen LogP contribution is 2.68. The van der Waals surface area contributed by atoms with Gasteiger partial charge in [-0.1, -0.05) is 13.0 Å². The fraction of sp³-hybridized carbons (Fsp3) is 0.542. The lowest BCUT2D eigenvalue weighted by atomic mass is 9.66. The van der Waals surface area contributed by atoms with E-state index in [0.29, 0.717) is 24.3 Å². The smallest absolute Gasteiger partial charge is 0.308 e. The number of carboxylic acids is 1. The van der Waals surface area contributed by atoms with Crippen molar-refractivity contribution in [2.75, 3.05) is 31.7 Å². The molecule has 3 aliphatic rings. The van der Waals surface area contributed by atoms with E-state index in [1.165, 1.54) is 16.7 Å². The molecule has 3 unspecified atom stereocenters. The summed E-state index contributed by atoms with van der Waals surface area (Å²) in [5, 5.41) is 19.2. The van der Waals surface area contributed by atoms with Gasteiger partial charge in [0.05, 0.1) is 23.7 Å². The van der Waals surface area contributed by atoms with E-state index in [0.717, 1.165) is 0 Å². The van der Waals surface area contributed by atoms with Gasteiger partial charge in [-0.2, -0.15) is 0 Å². The molecule has 0 saturated carbocycles. The number of benzene rings is 1. The van der Waals surface area contributed by atoms with Gasteiger partial charge in [0.15, 0.2) is 0 Å². The van der Waals surface area contributed by atoms with Crippen LogP contribution in [0.5, 0.6) is 5.75 Å². The van der Waals surface area contributed by atoms with Crippen LogP contribution in [0.2, 0.25) is 0 Å². The normalized spacial score (nSPS) is 32.0. The second-order valence-electron chi connectivity index (χ2n) is 8.94. The Balaban J connectivity index is 1.79. The summed E-state index contributed by atoms with van der Waals surface area (Å²) < 4.78 is 4.43. The first-order valence-electron chi connectivity index (χ1n) is 11.2. The van der Waals surface area contributed by atoms with E-state index in [1.807, 2.05) is 6.92 Å². The Labute approximate surface area is 197 Å². The molecule has 0 aliphatic carbocycles. The summed E-state index contributed by atoms with van der Waals surface area (Å²) in [6.45, 7) is 6.15. The SMILES string of the molecule is C=CCN(C(=O)C1N(CCCO)C(=O)[C@@H]2[C@H](C(=O)O)[C@@H]3CC(C)C12S3)c1ccc(OC)cc1. The summed E-state index contributed by atoms with van der Waals surface area (Å²) in [4.78, 5) is 43.1. The highest BCUT2D eigenvalue weighted by Gasteiger charge is 2.76. The van der Waals surface area contributed by atoms with E-state index in [-0.39, 0.29) is 42.7 Å². The average molecular weight is 475 g/mol. The van der Waals surface area contributed by atoms with Gasteiger partial charge in [-0.15, -0.1) is 18.3 Å². The number of aliphatic hydroxyl groups is 1. The molecule has 33 heavy (non-hydrogen) atoms. The van der Waals surface area contributed by atoms with Crippen molar-refractivity contribution in [1.29, 1.82) is 0 Å². The standard InChI is InChI=1S/C24H30N2O6S/c1-4-10-25(15-6-8-16(32-3)9-7-15)22(29)20-24-14(2)13-17(33-24)18(23(30)31)19(24)21(28)26(20)11-5-12-27/h4,6-9,14,17-20,27H,1,5,10-13H2,2-3H3,(H,30,31)/t14?,17-,18+,19-,20?,24?/m0/s1. The van der Waals surface area contributed by atoms with Gasteiger partial charge < -0.3 is 24.7 Å². The predicted molar refractivity (Wildman–Crippen MR) is 125 cm³/mol. The van der Waals surface area contributed by atoms with E-state index in [2.05, 4.69) is 6.58 Å². The number of carbonyl (C=O) groups is 3. The summed E-state index contributed by atoms with van der Waals surface area (Å²) >= 11 is 1.51. The van der Waals surface area contributed by atoms with Crippen LogP contribution in [0.1, 0.15) is 19.8 Å². The quantitative estimate of drug-likeness (QED) is 0.527. The summed E-state index contributed by atoms with van der Waals surface area (Å²) in [5.41, 5.74) is 0.648. The van der Waals surface area contributed by atoms with E-state index >= 15 is 0 Å². The zero-order chi connectivity index (χ0) is 23.9. The number of aliphatic carboxylic acids is 1. The number of amides is 2. The molecule has 0 aromatic heterocycles. The van der Waals surface area contributed by atoms with Crippen LogP contribution in [-0.4, -0.2) is 75.7 Å². The largest absolute Gasteiger partial charge is 0.497 e. The summed E-state index contributed by atoms with van der Waals surface area (Å²) in [5.74, 6) is -2.40. The van der Waals surface area contributed by atoms with Gasteiger partial charge in [-0.3, -0.25) is 14.4 Å². The minimum atomic E-state index is -0.979. The number of carbonyl (C=O) groups excluding carboxylic acids is 2. The van der Waals surface area contributed by atoms with Crippen LogP contribution in [0.25, 0.3) is 0 Å². The average Bonchev–Trinajstić information content (AvgIpc) is 3.39. The maximum Gasteiger partial charge on any atom is 0.308 e. The molecule has 1 aromatic carbocycles. The number of hydrogen-bond acceptors (Lipinski definition) is 6. The molecule has 2 amide bonds. The molecule has 8 nitrogen and oxygen atoms in total. The van der Waals surface area contributed by atoms with Crippen molar-refractivity contribution in [2.24, 2.45) is 17.8 Å². The molecule has 9 heteroatoms. The van der Waals surface area contributed by atoms with E-state index in [4.69, 9.17) is 4.74 Å². The molecule has 6 atom stereocenters. The van der Waals surface area contributed by atoms with Crippen LogP contribution in [0, 0.1) is 17.8 Å². The maximum atomic E-state index is 14.2. The number of ether oxygens (including phenoxy) is 1. The zero-order valence-corrected chi connectivity index (χ0v) is 19.7. The van der Waals surface area contributed by atoms with Crippen molar-refractivity contribution in [3.8, 4) is 5.75 Å². The number of fused-ring (bicyclic) bond motifs is 1. The molecule has 1 aromatic rings. The van der Waals surface area contributed by atoms with Crippen molar-refractivity contribution in [3.05, 3.63) is 36.9 Å². The summed E-state index contributed by atoms with van der Waals surface area (Å²) in [7, 11) is 1.57. The van der Waals surface area contributed by atoms with Gasteiger partial charge in [0.2, 0.25) is 5.91 Å². The lowest BCUT2D eigenvalue weighted by molar-refractivity contribution is -0.149. The summed E-state index contributed by atoms with van der Waals surface area (Å²) in [6, 6.07) is 6.29. The van der Waals surface area contributed by atoms with Crippen LogP contribution < -0.4 is 9.64 Å². The molecular weight excluding hydrogens is 444 g/mol. The highest BCUT2D eigenvalue weighted by atomic mass is 32.2. The number of rotatable bonds is 9. The number of nitrogens with zero attached hydrogens (tertiary/aromatic N) is 2. The van der Waals surface area contributed by atoms with Gasteiger partial charge in [0.25, 0.3) is 5.91 Å². The minimum absolute atomic E-state index is 0.00609. The van der Waals surface area contributed by atoms with Crippen molar-refractivity contribution in [2.45, 2.75) is 35.8 Å². The number of methoxy groups -OCH3 is 1. The fourth-order valence-electron chi connectivity index (χ4n) is 5.92. The van der Waals surface area contributed by atoms with Crippen LogP contribution in [0.4, 0.5) is 5.69 Å². The molecule has 2 N–H and O–H groups in total. The van der Waals surface area contributed by atoms with Gasteiger partial charge in [-0.25, -0.2) is 0 Å². The number of anilines is 1. The Hall–Kier alpha value is -2.52. The van der Waals surface area contributed by atoms with Crippen molar-refractivity contribution < 1.29 is 29.3 Å². The molecule has 178 valence electrons. The topological polar surface area (TPSA) is 107 Å². The van der Waals surface area contributed by atoms with E-state index < -0.39 is 28.6 Å². The van der Waals surface area contributed by atoms with Crippen molar-refractivity contribution in [3.63, 3.8) is 0 Å². The highest BCUT2D eigenvalue weighted by molar-refractivity contribution is 8.02. The Morgan fingerprint density at radius 1 is 1.36 bits per heavy atom. The monoisotopic (exact) mass is 474 g/mol. The Bertz CT molecular complexity index is 953. The third-order valence-corrected chi connectivity index (χ3v) is 9.36. The molecule has 3 heterocycles. The Morgan fingerprint density at radius 2 is 2.06 bits per heavy atom. The predicted octanol–water partition coefficient (Wildman–Crippen LogP) is 2.02. The second kappa shape index (κ2) is 9.02. The zero-order valence-electron chi connectivity index (χ0n) is 18.8. The van der Waals surface area contributed by atoms with Crippen LogP contribution in [-0.2, 0) is 14.4 Å². The molecule has 3 saturated heterocycles. The van der Waals surface area contributed by atoms with Gasteiger partial charge in [0.1, 0.15) is 11.8 Å². The first-order chi connectivity index (χ1) is 15.8. The van der Waals surface area contributed by atoms with Crippen LogP contribution in [0.15, 0.2) is 36.9 Å². The van der Waals surface area contributed by atoms with Crippen LogP contribution >= 0.6 is 11.8 Å². The first kappa shape index (κ1) is 23.6. The molecule has 2 bridgehead atoms. The number of thioether (sulfide) groups is 1. The lowest BCUT2D eigenvalue weighted by Gasteiger charge is -2.40. The number of carboxylic acid groups (broad SMARTS) is 1. The van der Waals surface area contributed by atoms with Crippen LogP contribution in [0.3, 0.4) is 0 Å². The number of aliphatic hydroxyl groups excluding tert-OH is 1. The third-order valence-electron chi connectivity index (χ3n) is 7.28. The van der Waals surface area contributed by atoms with Gasteiger partial charge in [-0.05, 0) is 43.0 Å². The fourth-order valence-corrected chi connectivity index (χ4v) is 8.33. The molecule has 1 spiro atoms. The third kappa shape index (κ3) is 3.52. The van der Waals surface area contributed by atoms with E-state index in [9.17, 15) is 24.6 Å². The molecule has 3 fully saturated rings. The molecular formula is C24H30N2O6S. The molecule has 3 aliphatic heterocycles. The second-order valence-corrected chi connectivity index (χ2v) is 10.5. The van der Waals surface area contributed by atoms with Gasteiger partial charge >= 0.3 is 5.97 Å². The number of hydrogen-bond donors (Lipinski definition) is 2. The summed E-state index contributed by atoms with van der Waals surface area (Å²) in [6.07, 6.45) is 2.62. The van der Waals surface area contributed by atoms with E-state index in [1.54, 1.807) is 42.4 Å². The molecule has 4 rings (SSSR count). The minimum Gasteiger partial charge on any atom is -0.497 e. The molecule has 0 radical (unpaired) electrons. The maximum absolute atomic E-state index is 14.2. The lowest BCUT2D eigenvalue weighted by Crippen LogP contribution is -2.57.